The summed E-state index contributed by atoms with van der Waals surface area (Å²) in [5, 5.41) is 12.3. The van der Waals surface area contributed by atoms with Gasteiger partial charge in [-0.15, -0.1) is 0 Å². The molecule has 0 radical (unpaired) electrons. The van der Waals surface area contributed by atoms with Crippen LogP contribution >= 0.6 is 0 Å². The standard InChI is InChI=1S/C17H25N3O2/c1-17(2)10-13(17)16(22)19-14-4-3-7-18-15(14)20-8-5-12(11-21)6-9-20/h3-4,7,12-13,21H,5-6,8-11H2,1-2H3,(H,19,22)/t13-/m1/s1. The molecule has 2 fully saturated rings. The van der Waals surface area contributed by atoms with Crippen LogP contribution < -0.4 is 10.2 Å². The second-order valence-corrected chi connectivity index (χ2v) is 7.22. The van der Waals surface area contributed by atoms with Gasteiger partial charge in [-0.25, -0.2) is 4.98 Å². The lowest BCUT2D eigenvalue weighted by molar-refractivity contribution is -0.118. The third-order valence-corrected chi connectivity index (χ3v) is 5.05. The number of aliphatic hydroxyl groups is 1. The summed E-state index contributed by atoms with van der Waals surface area (Å²) in [7, 11) is 0. The molecule has 0 spiro atoms. The Morgan fingerprint density at radius 2 is 2.14 bits per heavy atom. The first-order chi connectivity index (χ1) is 10.5. The number of aliphatic hydroxyl groups excluding tert-OH is 1. The van der Waals surface area contributed by atoms with Gasteiger partial charge in [-0.1, -0.05) is 13.8 Å². The average molecular weight is 303 g/mol. The second-order valence-electron chi connectivity index (χ2n) is 7.22. The molecule has 2 aliphatic rings. The monoisotopic (exact) mass is 303 g/mol. The fraction of sp³-hybridized carbons (Fsp3) is 0.647. The number of piperidine rings is 1. The van der Waals surface area contributed by atoms with E-state index in [9.17, 15) is 9.90 Å². The van der Waals surface area contributed by atoms with Crippen molar-refractivity contribution in [1.82, 2.24) is 4.98 Å². The lowest BCUT2D eigenvalue weighted by atomic mass is 9.98. The Labute approximate surface area is 131 Å². The van der Waals surface area contributed by atoms with Crippen molar-refractivity contribution in [3.63, 3.8) is 0 Å². The molecule has 120 valence electrons. The fourth-order valence-corrected chi connectivity index (χ4v) is 3.21. The molecule has 2 heterocycles. The molecule has 1 saturated carbocycles. The van der Waals surface area contributed by atoms with Gasteiger partial charge >= 0.3 is 0 Å². The summed E-state index contributed by atoms with van der Waals surface area (Å²) in [5.74, 6) is 1.46. The molecule has 0 bridgehead atoms. The van der Waals surface area contributed by atoms with Gasteiger partial charge in [0, 0.05) is 31.8 Å². The molecule has 0 unspecified atom stereocenters. The number of hydrogen-bond donors (Lipinski definition) is 2. The highest BCUT2D eigenvalue weighted by Crippen LogP contribution is 2.52. The predicted octanol–water partition coefficient (Wildman–Crippen LogP) is 2.27. The molecule has 1 aliphatic carbocycles. The smallest absolute Gasteiger partial charge is 0.228 e. The molecule has 5 heteroatoms. The zero-order chi connectivity index (χ0) is 15.7. The van der Waals surface area contributed by atoms with Crippen molar-refractivity contribution in [2.75, 3.05) is 29.9 Å². The zero-order valence-corrected chi connectivity index (χ0v) is 13.4. The lowest BCUT2D eigenvalue weighted by Gasteiger charge is -2.33. The molecule has 2 N–H and O–H groups in total. The topological polar surface area (TPSA) is 65.5 Å². The summed E-state index contributed by atoms with van der Waals surface area (Å²) >= 11 is 0. The van der Waals surface area contributed by atoms with Crippen molar-refractivity contribution in [3.8, 4) is 0 Å². The highest BCUT2D eigenvalue weighted by molar-refractivity contribution is 5.97. The molecule has 0 aromatic carbocycles. The summed E-state index contributed by atoms with van der Waals surface area (Å²) in [5.41, 5.74) is 0.934. The number of hydrogen-bond acceptors (Lipinski definition) is 4. The van der Waals surface area contributed by atoms with Crippen LogP contribution in [0.25, 0.3) is 0 Å². The van der Waals surface area contributed by atoms with Gasteiger partial charge in [0.1, 0.15) is 0 Å². The van der Waals surface area contributed by atoms with E-state index in [0.29, 0.717) is 5.92 Å². The predicted molar refractivity (Wildman–Crippen MR) is 86.8 cm³/mol. The van der Waals surface area contributed by atoms with E-state index >= 15 is 0 Å². The third-order valence-electron chi connectivity index (χ3n) is 5.05. The van der Waals surface area contributed by atoms with Crippen LogP contribution in [0.1, 0.15) is 33.1 Å². The lowest BCUT2D eigenvalue weighted by Crippen LogP contribution is -2.36. The molecule has 1 aromatic heterocycles. The number of amides is 1. The van der Waals surface area contributed by atoms with E-state index in [0.717, 1.165) is 43.9 Å². The van der Waals surface area contributed by atoms with Gasteiger partial charge in [0.05, 0.1) is 5.69 Å². The molecule has 3 rings (SSSR count). The van der Waals surface area contributed by atoms with Crippen molar-refractivity contribution in [3.05, 3.63) is 18.3 Å². The number of carbonyl (C=O) groups excluding carboxylic acids is 1. The Morgan fingerprint density at radius 1 is 1.45 bits per heavy atom. The number of nitrogens with zero attached hydrogens (tertiary/aromatic N) is 2. The molecule has 1 aromatic rings. The zero-order valence-electron chi connectivity index (χ0n) is 13.4. The Kier molecular flexibility index (Phi) is 4.08. The number of anilines is 2. The van der Waals surface area contributed by atoms with Crippen LogP contribution in [0.15, 0.2) is 18.3 Å². The van der Waals surface area contributed by atoms with Gasteiger partial charge in [-0.3, -0.25) is 4.79 Å². The van der Waals surface area contributed by atoms with Crippen molar-refractivity contribution in [1.29, 1.82) is 0 Å². The maximum Gasteiger partial charge on any atom is 0.228 e. The Hall–Kier alpha value is -1.62. The van der Waals surface area contributed by atoms with E-state index in [1.54, 1.807) is 6.20 Å². The van der Waals surface area contributed by atoms with Gasteiger partial charge in [0.2, 0.25) is 5.91 Å². The second kappa shape index (κ2) is 5.88. The van der Waals surface area contributed by atoms with E-state index in [4.69, 9.17) is 0 Å². The molecular formula is C17H25N3O2. The number of aromatic nitrogens is 1. The summed E-state index contributed by atoms with van der Waals surface area (Å²) in [6.45, 7) is 6.26. The minimum absolute atomic E-state index is 0.101. The Bertz CT molecular complexity index is 551. The van der Waals surface area contributed by atoms with Crippen LogP contribution in [0.5, 0.6) is 0 Å². The van der Waals surface area contributed by atoms with E-state index in [1.165, 1.54) is 0 Å². The largest absolute Gasteiger partial charge is 0.396 e. The maximum absolute atomic E-state index is 12.3. The fourth-order valence-electron chi connectivity index (χ4n) is 3.21. The molecule has 1 atom stereocenters. The van der Waals surface area contributed by atoms with Gasteiger partial charge in [-0.05, 0) is 42.7 Å². The SMILES string of the molecule is CC1(C)C[C@@H]1C(=O)Nc1cccnc1N1CCC(CO)CC1. The quantitative estimate of drug-likeness (QED) is 0.895. The molecular weight excluding hydrogens is 278 g/mol. The Balaban J connectivity index is 1.69. The first-order valence-corrected chi connectivity index (χ1v) is 8.13. The van der Waals surface area contributed by atoms with E-state index in [1.807, 2.05) is 12.1 Å². The van der Waals surface area contributed by atoms with Crippen molar-refractivity contribution in [2.24, 2.45) is 17.3 Å². The number of nitrogens with one attached hydrogen (secondary N) is 1. The van der Waals surface area contributed by atoms with Gasteiger partial charge in [0.25, 0.3) is 0 Å². The summed E-state index contributed by atoms with van der Waals surface area (Å²) in [6, 6.07) is 3.78. The van der Waals surface area contributed by atoms with E-state index in [2.05, 4.69) is 29.0 Å². The first-order valence-electron chi connectivity index (χ1n) is 8.13. The van der Waals surface area contributed by atoms with Crippen LogP contribution in [0.3, 0.4) is 0 Å². The van der Waals surface area contributed by atoms with E-state index < -0.39 is 0 Å². The molecule has 1 aliphatic heterocycles. The first kappa shape index (κ1) is 15.3. The molecule has 5 nitrogen and oxygen atoms in total. The number of carbonyl (C=O) groups is 1. The van der Waals surface area contributed by atoms with Gasteiger partial charge in [-0.2, -0.15) is 0 Å². The van der Waals surface area contributed by atoms with Gasteiger partial charge < -0.3 is 15.3 Å². The van der Waals surface area contributed by atoms with Crippen LogP contribution in [0.2, 0.25) is 0 Å². The van der Waals surface area contributed by atoms with Crippen LogP contribution in [0, 0.1) is 17.3 Å². The maximum atomic E-state index is 12.3. The average Bonchev–Trinajstić information content (AvgIpc) is 3.17. The van der Waals surface area contributed by atoms with Crippen LogP contribution in [-0.2, 0) is 4.79 Å². The number of rotatable bonds is 4. The summed E-state index contributed by atoms with van der Waals surface area (Å²) < 4.78 is 0. The third kappa shape index (κ3) is 3.09. The highest BCUT2D eigenvalue weighted by Gasteiger charge is 2.50. The normalized spacial score (nSPS) is 24.1. The van der Waals surface area contributed by atoms with Crippen LogP contribution in [-0.4, -0.2) is 35.7 Å². The van der Waals surface area contributed by atoms with Crippen molar-refractivity contribution >= 4 is 17.4 Å². The van der Waals surface area contributed by atoms with Crippen LogP contribution in [0.4, 0.5) is 11.5 Å². The molecule has 1 saturated heterocycles. The van der Waals surface area contributed by atoms with Crippen molar-refractivity contribution < 1.29 is 9.90 Å². The van der Waals surface area contributed by atoms with E-state index in [-0.39, 0.29) is 23.8 Å². The molecule has 22 heavy (non-hydrogen) atoms. The summed E-state index contributed by atoms with van der Waals surface area (Å²) in [4.78, 5) is 19.0. The molecule has 1 amide bonds. The number of pyridine rings is 1. The summed E-state index contributed by atoms with van der Waals surface area (Å²) in [6.07, 6.45) is 4.66. The minimum Gasteiger partial charge on any atom is -0.396 e. The Morgan fingerprint density at radius 3 is 2.73 bits per heavy atom. The van der Waals surface area contributed by atoms with Crippen molar-refractivity contribution in [2.45, 2.75) is 33.1 Å². The highest BCUT2D eigenvalue weighted by atomic mass is 16.3. The minimum atomic E-state index is 0.101. The van der Waals surface area contributed by atoms with Gasteiger partial charge in [0.15, 0.2) is 5.82 Å².